The van der Waals surface area contributed by atoms with E-state index in [1.165, 1.54) is 24.0 Å². The molecule has 154 valence electrons. The van der Waals surface area contributed by atoms with Gasteiger partial charge in [0.05, 0.1) is 0 Å². The third kappa shape index (κ3) is 5.98. The van der Waals surface area contributed by atoms with Crippen LogP contribution in [0.5, 0.6) is 0 Å². The predicted octanol–water partition coefficient (Wildman–Crippen LogP) is 3.50. The Balaban J connectivity index is 1.82. The number of hydrogen-bond donors (Lipinski definition) is 1. The van der Waals surface area contributed by atoms with E-state index in [0.717, 1.165) is 16.7 Å². The first kappa shape index (κ1) is 21.2. The number of hydrogen-bond acceptors (Lipinski definition) is 3. The van der Waals surface area contributed by atoms with Crippen molar-refractivity contribution in [2.75, 3.05) is 0 Å². The number of benzene rings is 2. The molecule has 0 radical (unpaired) electrons. The van der Waals surface area contributed by atoms with Gasteiger partial charge in [-0.2, -0.15) is 0 Å². The smallest absolute Gasteiger partial charge is 0.243 e. The minimum Gasteiger partial charge on any atom is -0.350 e. The fraction of sp³-hybridized carbons (Fsp3) is 0.208. The van der Waals surface area contributed by atoms with Gasteiger partial charge in [-0.1, -0.05) is 42.5 Å². The standard InChI is InChI=1S/C24H24FN3O2/c1-18(29)28(17-21-7-9-22(25)10-8-21)23(15-19-5-3-2-4-6-19)24(30)27-16-20-11-13-26-14-12-20/h2-14,23H,15-17H2,1H3,(H,27,30)/t23-/m0/s1. The van der Waals surface area contributed by atoms with Crippen LogP contribution < -0.4 is 5.32 Å². The number of nitrogens with zero attached hydrogens (tertiary/aromatic N) is 2. The molecule has 1 atom stereocenters. The number of nitrogens with one attached hydrogen (secondary N) is 1. The van der Waals surface area contributed by atoms with Crippen molar-refractivity contribution in [2.45, 2.75) is 32.5 Å². The molecule has 1 N–H and O–H groups in total. The van der Waals surface area contributed by atoms with E-state index in [1.54, 1.807) is 24.5 Å². The maximum atomic E-state index is 13.3. The molecule has 6 heteroatoms. The average Bonchev–Trinajstić information content (AvgIpc) is 2.77. The average molecular weight is 405 g/mol. The maximum absolute atomic E-state index is 13.3. The minimum atomic E-state index is -0.697. The Morgan fingerprint density at radius 3 is 2.23 bits per heavy atom. The highest BCUT2D eigenvalue weighted by Crippen LogP contribution is 2.15. The van der Waals surface area contributed by atoms with Gasteiger partial charge >= 0.3 is 0 Å². The molecule has 0 bridgehead atoms. The molecule has 0 unspecified atom stereocenters. The molecule has 5 nitrogen and oxygen atoms in total. The highest BCUT2D eigenvalue weighted by Gasteiger charge is 2.28. The highest BCUT2D eigenvalue weighted by atomic mass is 19.1. The first-order valence-electron chi connectivity index (χ1n) is 9.75. The van der Waals surface area contributed by atoms with E-state index in [4.69, 9.17) is 0 Å². The van der Waals surface area contributed by atoms with Crippen molar-refractivity contribution in [1.29, 1.82) is 0 Å². The molecule has 3 aromatic rings. The van der Waals surface area contributed by atoms with E-state index in [9.17, 15) is 14.0 Å². The summed E-state index contributed by atoms with van der Waals surface area (Å²) in [5.74, 6) is -0.809. The summed E-state index contributed by atoms with van der Waals surface area (Å²) in [4.78, 5) is 31.1. The number of carbonyl (C=O) groups excluding carboxylic acids is 2. The molecule has 2 amide bonds. The number of aromatic nitrogens is 1. The van der Waals surface area contributed by atoms with Gasteiger partial charge in [-0.05, 0) is 41.0 Å². The van der Waals surface area contributed by atoms with Crippen molar-refractivity contribution in [3.8, 4) is 0 Å². The van der Waals surface area contributed by atoms with Gasteiger partial charge in [0.25, 0.3) is 0 Å². The van der Waals surface area contributed by atoms with Crippen LogP contribution in [0.15, 0.2) is 79.1 Å². The number of rotatable bonds is 8. The summed E-state index contributed by atoms with van der Waals surface area (Å²) in [6.45, 7) is 2.00. The molecular formula is C24H24FN3O2. The second kappa shape index (κ2) is 10.3. The van der Waals surface area contributed by atoms with Gasteiger partial charge in [-0.25, -0.2) is 4.39 Å². The number of halogens is 1. The molecule has 0 aliphatic heterocycles. The van der Waals surface area contributed by atoms with Gasteiger partial charge in [0, 0.05) is 38.8 Å². The van der Waals surface area contributed by atoms with Crippen molar-refractivity contribution >= 4 is 11.8 Å². The third-order valence-electron chi connectivity index (χ3n) is 4.84. The molecule has 0 aliphatic rings. The molecule has 1 heterocycles. The molecule has 0 saturated carbocycles. The Labute approximate surface area is 175 Å². The fourth-order valence-electron chi connectivity index (χ4n) is 3.22. The summed E-state index contributed by atoms with van der Waals surface area (Å²) >= 11 is 0. The monoisotopic (exact) mass is 405 g/mol. The van der Waals surface area contributed by atoms with Gasteiger partial charge in [-0.15, -0.1) is 0 Å². The summed E-state index contributed by atoms with van der Waals surface area (Å²) in [6.07, 6.45) is 3.71. The Kier molecular flexibility index (Phi) is 7.27. The normalized spacial score (nSPS) is 11.5. The van der Waals surface area contributed by atoms with E-state index < -0.39 is 6.04 Å². The van der Waals surface area contributed by atoms with Crippen molar-refractivity contribution in [1.82, 2.24) is 15.2 Å². The molecule has 1 aromatic heterocycles. The first-order chi connectivity index (χ1) is 14.5. The molecule has 30 heavy (non-hydrogen) atoms. The molecule has 2 aromatic carbocycles. The molecule has 3 rings (SSSR count). The van der Waals surface area contributed by atoms with E-state index >= 15 is 0 Å². The summed E-state index contributed by atoms with van der Waals surface area (Å²) in [6, 6.07) is 18.5. The second-order valence-electron chi connectivity index (χ2n) is 7.05. The van der Waals surface area contributed by atoms with Crippen LogP contribution in [0.4, 0.5) is 4.39 Å². The Morgan fingerprint density at radius 2 is 1.60 bits per heavy atom. The van der Waals surface area contributed by atoms with Gasteiger partial charge in [0.15, 0.2) is 0 Å². The molecule has 0 spiro atoms. The molecular weight excluding hydrogens is 381 g/mol. The van der Waals surface area contributed by atoms with Crippen LogP contribution in [-0.2, 0) is 29.1 Å². The van der Waals surface area contributed by atoms with Crippen molar-refractivity contribution < 1.29 is 14.0 Å². The maximum Gasteiger partial charge on any atom is 0.243 e. The fourth-order valence-corrected chi connectivity index (χ4v) is 3.22. The Bertz CT molecular complexity index is 963. The van der Waals surface area contributed by atoms with Gasteiger partial charge in [0.2, 0.25) is 11.8 Å². The van der Waals surface area contributed by atoms with Gasteiger partial charge < -0.3 is 10.2 Å². The molecule has 0 saturated heterocycles. The second-order valence-corrected chi connectivity index (χ2v) is 7.05. The lowest BCUT2D eigenvalue weighted by atomic mass is 10.0. The van der Waals surface area contributed by atoms with Gasteiger partial charge in [0.1, 0.15) is 11.9 Å². The largest absolute Gasteiger partial charge is 0.350 e. The number of amides is 2. The third-order valence-corrected chi connectivity index (χ3v) is 4.84. The molecule has 0 fully saturated rings. The van der Waals surface area contributed by atoms with Crippen LogP contribution in [0.2, 0.25) is 0 Å². The topological polar surface area (TPSA) is 62.3 Å². The van der Waals surface area contributed by atoms with Crippen LogP contribution in [0.3, 0.4) is 0 Å². The number of carbonyl (C=O) groups is 2. The zero-order chi connectivity index (χ0) is 21.3. The lowest BCUT2D eigenvalue weighted by molar-refractivity contribution is -0.139. The first-order valence-corrected chi connectivity index (χ1v) is 9.75. The van der Waals surface area contributed by atoms with Crippen LogP contribution in [-0.4, -0.2) is 27.7 Å². The van der Waals surface area contributed by atoms with E-state index in [1.807, 2.05) is 42.5 Å². The van der Waals surface area contributed by atoms with Crippen LogP contribution in [0.1, 0.15) is 23.6 Å². The zero-order valence-corrected chi connectivity index (χ0v) is 16.8. The van der Waals surface area contributed by atoms with Crippen LogP contribution in [0.25, 0.3) is 0 Å². The predicted molar refractivity (Wildman–Crippen MR) is 113 cm³/mol. The Hall–Kier alpha value is -3.54. The minimum absolute atomic E-state index is 0.218. The van der Waals surface area contributed by atoms with E-state index in [-0.39, 0.29) is 24.2 Å². The summed E-state index contributed by atoms with van der Waals surface area (Å²) < 4.78 is 13.3. The lowest BCUT2D eigenvalue weighted by Gasteiger charge is -2.30. The van der Waals surface area contributed by atoms with Crippen LogP contribution >= 0.6 is 0 Å². The van der Waals surface area contributed by atoms with Gasteiger partial charge in [-0.3, -0.25) is 14.6 Å². The summed E-state index contributed by atoms with van der Waals surface area (Å²) in [5, 5.41) is 2.93. The lowest BCUT2D eigenvalue weighted by Crippen LogP contribution is -2.49. The Morgan fingerprint density at radius 1 is 0.933 bits per heavy atom. The van der Waals surface area contributed by atoms with Crippen molar-refractivity contribution in [3.05, 3.63) is 102 Å². The van der Waals surface area contributed by atoms with Crippen molar-refractivity contribution in [3.63, 3.8) is 0 Å². The van der Waals surface area contributed by atoms with Crippen molar-refractivity contribution in [2.24, 2.45) is 0 Å². The SMILES string of the molecule is CC(=O)N(Cc1ccc(F)cc1)[C@@H](Cc1ccccc1)C(=O)NCc1ccncc1. The summed E-state index contributed by atoms with van der Waals surface area (Å²) in [5.41, 5.74) is 2.63. The van der Waals surface area contributed by atoms with E-state index in [2.05, 4.69) is 10.3 Å². The quantitative estimate of drug-likeness (QED) is 0.624. The zero-order valence-electron chi connectivity index (χ0n) is 16.8. The van der Waals surface area contributed by atoms with E-state index in [0.29, 0.717) is 13.0 Å². The van der Waals surface area contributed by atoms with Crippen LogP contribution in [0, 0.1) is 5.82 Å². The summed E-state index contributed by atoms with van der Waals surface area (Å²) in [7, 11) is 0. The molecule has 0 aliphatic carbocycles. The number of pyridine rings is 1. The highest BCUT2D eigenvalue weighted by molar-refractivity contribution is 5.87.